The van der Waals surface area contributed by atoms with Gasteiger partial charge in [-0.15, -0.1) is 0 Å². The zero-order valence-electron chi connectivity index (χ0n) is 15.8. The van der Waals surface area contributed by atoms with Crippen LogP contribution in [0, 0.1) is 13.8 Å². The van der Waals surface area contributed by atoms with Gasteiger partial charge in [-0.25, -0.2) is 0 Å². The van der Waals surface area contributed by atoms with Crippen LogP contribution in [0.2, 0.25) is 5.02 Å². The Labute approximate surface area is 164 Å². The van der Waals surface area contributed by atoms with E-state index in [9.17, 15) is 4.79 Å². The molecule has 2 aromatic carbocycles. The van der Waals surface area contributed by atoms with Gasteiger partial charge in [0.1, 0.15) is 12.4 Å². The molecule has 1 heterocycles. The molecule has 0 bridgehead atoms. The van der Waals surface area contributed by atoms with Crippen LogP contribution in [0.1, 0.15) is 32.7 Å². The van der Waals surface area contributed by atoms with Crippen LogP contribution in [-0.4, -0.2) is 31.5 Å². The second-order valence-electron chi connectivity index (χ2n) is 6.62. The number of aldehydes is 1. The third-order valence-electron chi connectivity index (χ3n) is 4.62. The van der Waals surface area contributed by atoms with Crippen molar-refractivity contribution in [2.24, 2.45) is 0 Å². The number of pyridine rings is 1. The quantitative estimate of drug-likeness (QED) is 0.482. The zero-order chi connectivity index (χ0) is 19.4. The number of hydrogen-bond acceptors (Lipinski definition) is 4. The Morgan fingerprint density at radius 3 is 2.74 bits per heavy atom. The summed E-state index contributed by atoms with van der Waals surface area (Å²) < 4.78 is 5.72. The van der Waals surface area contributed by atoms with E-state index < -0.39 is 0 Å². The molecule has 0 unspecified atom stereocenters. The molecule has 0 saturated carbocycles. The van der Waals surface area contributed by atoms with E-state index in [0.717, 1.165) is 39.6 Å². The largest absolute Gasteiger partial charge is 0.490 e. The SMILES string of the molecule is CNCCOc1c(C=O)cc(Cc2ccc3nc(C)ccc3c2)c(C)c1Cl. The van der Waals surface area contributed by atoms with Crippen LogP contribution in [-0.2, 0) is 6.42 Å². The first-order valence-corrected chi connectivity index (χ1v) is 9.32. The van der Waals surface area contributed by atoms with Gasteiger partial charge >= 0.3 is 0 Å². The van der Waals surface area contributed by atoms with Crippen molar-refractivity contribution < 1.29 is 9.53 Å². The van der Waals surface area contributed by atoms with Gasteiger partial charge in [-0.05, 0) is 68.3 Å². The van der Waals surface area contributed by atoms with Crippen LogP contribution in [0.15, 0.2) is 36.4 Å². The second-order valence-corrected chi connectivity index (χ2v) is 7.00. The Balaban J connectivity index is 1.93. The number of nitrogens with one attached hydrogen (secondary N) is 1. The molecule has 0 saturated heterocycles. The molecular formula is C22H23ClN2O2. The van der Waals surface area contributed by atoms with E-state index in [-0.39, 0.29) is 0 Å². The first kappa shape index (κ1) is 19.3. The van der Waals surface area contributed by atoms with E-state index in [0.29, 0.717) is 35.9 Å². The summed E-state index contributed by atoms with van der Waals surface area (Å²) in [5, 5.41) is 4.61. The zero-order valence-corrected chi connectivity index (χ0v) is 16.6. The molecule has 0 atom stereocenters. The van der Waals surface area contributed by atoms with Crippen molar-refractivity contribution in [3.63, 3.8) is 0 Å². The Kier molecular flexibility index (Phi) is 6.09. The van der Waals surface area contributed by atoms with Crippen LogP contribution in [0.3, 0.4) is 0 Å². The number of rotatable bonds is 7. The fraction of sp³-hybridized carbons (Fsp3) is 0.273. The molecule has 0 fully saturated rings. The Hall–Kier alpha value is -2.43. The van der Waals surface area contributed by atoms with Gasteiger partial charge in [0.15, 0.2) is 6.29 Å². The fourth-order valence-electron chi connectivity index (χ4n) is 3.08. The molecule has 1 aromatic heterocycles. The number of carbonyl (C=O) groups excluding carboxylic acids is 1. The lowest BCUT2D eigenvalue weighted by Gasteiger charge is -2.16. The molecule has 0 aliphatic rings. The standard InChI is InChI=1S/C22H23ClN2O2/c1-14-4-6-17-10-16(5-7-20(17)25-14)11-18-12-19(13-26)22(21(23)15(18)2)27-9-8-24-3/h4-7,10,12-13,24H,8-9,11H2,1-3H3. The van der Waals surface area contributed by atoms with Crippen LogP contribution >= 0.6 is 11.6 Å². The number of carbonyl (C=O) groups is 1. The minimum absolute atomic E-state index is 0.451. The Morgan fingerprint density at radius 2 is 2.00 bits per heavy atom. The highest BCUT2D eigenvalue weighted by atomic mass is 35.5. The number of likely N-dealkylation sites (N-methyl/N-ethyl adjacent to an activating group) is 1. The summed E-state index contributed by atoms with van der Waals surface area (Å²) in [4.78, 5) is 16.1. The number of aryl methyl sites for hydroxylation is 1. The molecule has 0 spiro atoms. The van der Waals surface area contributed by atoms with Crippen molar-refractivity contribution in [1.82, 2.24) is 10.3 Å². The van der Waals surface area contributed by atoms with E-state index in [1.807, 2.05) is 39.1 Å². The number of nitrogens with zero attached hydrogens (tertiary/aromatic N) is 1. The minimum Gasteiger partial charge on any atom is -0.490 e. The molecular weight excluding hydrogens is 360 g/mol. The normalized spacial score (nSPS) is 11.0. The number of halogens is 1. The summed E-state index contributed by atoms with van der Waals surface area (Å²) in [6.07, 6.45) is 1.49. The van der Waals surface area contributed by atoms with E-state index in [4.69, 9.17) is 16.3 Å². The summed E-state index contributed by atoms with van der Waals surface area (Å²) in [6.45, 7) is 5.08. The third-order valence-corrected chi connectivity index (χ3v) is 5.07. The molecule has 0 radical (unpaired) electrons. The predicted octanol–water partition coefficient (Wildman–Crippen LogP) is 4.51. The molecule has 0 aliphatic heterocycles. The van der Waals surface area contributed by atoms with Gasteiger partial charge in [-0.2, -0.15) is 0 Å². The van der Waals surface area contributed by atoms with Crippen molar-refractivity contribution in [2.45, 2.75) is 20.3 Å². The number of aromatic nitrogens is 1. The van der Waals surface area contributed by atoms with Crippen LogP contribution in [0.4, 0.5) is 0 Å². The highest BCUT2D eigenvalue weighted by Gasteiger charge is 2.16. The molecule has 140 valence electrons. The van der Waals surface area contributed by atoms with E-state index >= 15 is 0 Å². The lowest BCUT2D eigenvalue weighted by atomic mass is 9.97. The average molecular weight is 383 g/mol. The fourth-order valence-corrected chi connectivity index (χ4v) is 3.36. The van der Waals surface area contributed by atoms with Gasteiger partial charge in [-0.1, -0.05) is 23.7 Å². The summed E-state index contributed by atoms with van der Waals surface area (Å²) in [5.74, 6) is 0.460. The molecule has 27 heavy (non-hydrogen) atoms. The molecule has 3 rings (SSSR count). The first-order valence-electron chi connectivity index (χ1n) is 8.94. The van der Waals surface area contributed by atoms with Crippen molar-refractivity contribution in [3.05, 3.63) is 69.4 Å². The smallest absolute Gasteiger partial charge is 0.153 e. The van der Waals surface area contributed by atoms with Crippen LogP contribution < -0.4 is 10.1 Å². The number of hydrogen-bond donors (Lipinski definition) is 1. The van der Waals surface area contributed by atoms with E-state index in [2.05, 4.69) is 28.5 Å². The maximum atomic E-state index is 11.6. The lowest BCUT2D eigenvalue weighted by molar-refractivity contribution is 0.111. The Bertz CT molecular complexity index is 986. The summed E-state index contributed by atoms with van der Waals surface area (Å²) in [6, 6.07) is 12.2. The van der Waals surface area contributed by atoms with Gasteiger partial charge in [0.2, 0.25) is 0 Å². The summed E-state index contributed by atoms with van der Waals surface area (Å²) in [5.41, 5.74) is 5.56. The maximum Gasteiger partial charge on any atom is 0.153 e. The highest BCUT2D eigenvalue weighted by Crippen LogP contribution is 2.34. The molecule has 0 amide bonds. The van der Waals surface area contributed by atoms with Gasteiger partial charge in [0.25, 0.3) is 0 Å². The van der Waals surface area contributed by atoms with Gasteiger partial charge in [0.05, 0.1) is 16.1 Å². The average Bonchev–Trinajstić information content (AvgIpc) is 2.67. The van der Waals surface area contributed by atoms with Crippen LogP contribution in [0.5, 0.6) is 5.75 Å². The van der Waals surface area contributed by atoms with E-state index in [1.165, 1.54) is 0 Å². The molecule has 4 nitrogen and oxygen atoms in total. The number of ether oxygens (including phenoxy) is 1. The molecule has 0 aliphatic carbocycles. The molecule has 1 N–H and O–H groups in total. The first-order chi connectivity index (χ1) is 13.0. The second kappa shape index (κ2) is 8.51. The molecule has 3 aromatic rings. The van der Waals surface area contributed by atoms with Crippen molar-refractivity contribution >= 4 is 28.8 Å². The Morgan fingerprint density at radius 1 is 1.19 bits per heavy atom. The van der Waals surface area contributed by atoms with Crippen molar-refractivity contribution in [3.8, 4) is 5.75 Å². The predicted molar refractivity (Wildman–Crippen MR) is 110 cm³/mol. The summed E-state index contributed by atoms with van der Waals surface area (Å²) in [7, 11) is 1.85. The third kappa shape index (κ3) is 4.29. The minimum atomic E-state index is 0.451. The topological polar surface area (TPSA) is 51.2 Å². The van der Waals surface area contributed by atoms with Crippen molar-refractivity contribution in [2.75, 3.05) is 20.2 Å². The monoisotopic (exact) mass is 382 g/mol. The van der Waals surface area contributed by atoms with E-state index in [1.54, 1.807) is 0 Å². The van der Waals surface area contributed by atoms with Gasteiger partial charge in [-0.3, -0.25) is 9.78 Å². The maximum absolute atomic E-state index is 11.6. The summed E-state index contributed by atoms with van der Waals surface area (Å²) >= 11 is 6.53. The molecule has 5 heteroatoms. The van der Waals surface area contributed by atoms with Gasteiger partial charge < -0.3 is 10.1 Å². The van der Waals surface area contributed by atoms with Gasteiger partial charge in [0, 0.05) is 17.6 Å². The lowest BCUT2D eigenvalue weighted by Crippen LogP contribution is -2.17. The van der Waals surface area contributed by atoms with Crippen molar-refractivity contribution in [1.29, 1.82) is 0 Å². The highest BCUT2D eigenvalue weighted by molar-refractivity contribution is 6.33. The number of fused-ring (bicyclic) bond motifs is 1. The van der Waals surface area contributed by atoms with Crippen LogP contribution in [0.25, 0.3) is 10.9 Å². The number of benzene rings is 2.